The predicted molar refractivity (Wildman–Crippen MR) is 533 cm³/mol. The van der Waals surface area contributed by atoms with Gasteiger partial charge in [0.25, 0.3) is 0 Å². The van der Waals surface area contributed by atoms with Gasteiger partial charge in [-0.2, -0.15) is 20.4 Å². The molecule has 696 valence electrons. The largest absolute Gasteiger partial charge is 0.462 e. The van der Waals surface area contributed by atoms with Crippen molar-refractivity contribution in [3.05, 3.63) is 203 Å². The normalized spacial score (nSPS) is 14.3. The average molecular weight is 1920 g/mol. The first-order valence-corrected chi connectivity index (χ1v) is 51.8. The van der Waals surface area contributed by atoms with Crippen LogP contribution in [-0.4, -0.2) is 150 Å². The summed E-state index contributed by atoms with van der Waals surface area (Å²) >= 11 is 5.22. The zero-order chi connectivity index (χ0) is 94.0. The van der Waals surface area contributed by atoms with Crippen LogP contribution in [0.15, 0.2) is 156 Å². The van der Waals surface area contributed by atoms with E-state index in [2.05, 4.69) is 116 Å². The number of allylic oxidation sites excluding steroid dienone is 8. The number of rotatable bonds is 24. The molecule has 0 bridgehead atoms. The molecule has 16 aromatic rings. The number of aryl methyl sites for hydroxylation is 7. The molecular weight excluding hydrogens is 1810 g/mol. The molecule has 0 amide bonds. The summed E-state index contributed by atoms with van der Waals surface area (Å²) in [6, 6.07) is 7.69. The quantitative estimate of drug-likeness (QED) is 0.0408. The van der Waals surface area contributed by atoms with Crippen molar-refractivity contribution in [3.8, 4) is 45.0 Å². The van der Waals surface area contributed by atoms with Gasteiger partial charge in [0.15, 0.2) is 65.5 Å². The number of thiophene rings is 4. The fourth-order valence-electron chi connectivity index (χ4n) is 16.8. The minimum absolute atomic E-state index is 0.191. The highest BCUT2D eigenvalue weighted by molar-refractivity contribution is 7.94. The molecule has 4 N–H and O–H groups in total. The zero-order valence-corrected chi connectivity index (χ0v) is 82.3. The van der Waals surface area contributed by atoms with Crippen LogP contribution < -0.4 is 21.3 Å². The number of ether oxygens (including phenoxy) is 2. The summed E-state index contributed by atoms with van der Waals surface area (Å²) in [6.45, 7) is 17.5. The van der Waals surface area contributed by atoms with Crippen molar-refractivity contribution in [1.82, 2.24) is 96.6 Å². The third kappa shape index (κ3) is 20.2. The van der Waals surface area contributed by atoms with E-state index in [4.69, 9.17) is 34.4 Å². The Bertz CT molecular complexity index is 7490. The lowest BCUT2D eigenvalue weighted by molar-refractivity contribution is 0.0521. The van der Waals surface area contributed by atoms with Gasteiger partial charge in [0.2, 0.25) is 0 Å². The molecule has 0 unspecified atom stereocenters. The van der Waals surface area contributed by atoms with Gasteiger partial charge in [0.05, 0.1) is 134 Å². The second kappa shape index (κ2) is 39.7. The molecule has 38 heteroatoms. The highest BCUT2D eigenvalue weighted by atomic mass is 32.2. The minimum atomic E-state index is -3.36. The Kier molecular flexibility index (Phi) is 27.6. The molecule has 0 saturated heterocycles. The Balaban J connectivity index is 0.000000124. The first kappa shape index (κ1) is 92.9. The molecule has 0 aliphatic heterocycles. The fourth-order valence-corrected chi connectivity index (χ4v) is 24.3. The molecule has 4 aliphatic rings. The number of nitrogens with one attached hydrogen (secondary N) is 4. The molecule has 16 heterocycles. The Morgan fingerprint density at radius 1 is 0.396 bits per heavy atom. The molecule has 0 spiro atoms. The van der Waals surface area contributed by atoms with Crippen LogP contribution in [0.2, 0.25) is 0 Å². The van der Waals surface area contributed by atoms with Crippen LogP contribution >= 0.6 is 45.3 Å². The number of carbonyl (C=O) groups is 2. The summed E-state index contributed by atoms with van der Waals surface area (Å²) in [7, 11) is 0.945. The van der Waals surface area contributed by atoms with Gasteiger partial charge in [-0.3, -0.25) is 36.3 Å². The third-order valence-electron chi connectivity index (χ3n) is 23.6. The molecule has 0 radical (unpaired) electrons. The van der Waals surface area contributed by atoms with Crippen molar-refractivity contribution < 1.29 is 35.9 Å². The molecule has 20 rings (SSSR count). The lowest BCUT2D eigenvalue weighted by atomic mass is 9.97. The van der Waals surface area contributed by atoms with Crippen molar-refractivity contribution in [3.63, 3.8) is 0 Å². The summed E-state index contributed by atoms with van der Waals surface area (Å²) in [5.41, 5.74) is 22.4. The molecule has 134 heavy (non-hydrogen) atoms. The first-order valence-electron chi connectivity index (χ1n) is 45.1. The van der Waals surface area contributed by atoms with Crippen molar-refractivity contribution in [1.29, 1.82) is 0 Å². The number of imidazole rings is 4. The highest BCUT2D eigenvalue weighted by Crippen LogP contribution is 2.43. The maximum absolute atomic E-state index is 12.8. The van der Waals surface area contributed by atoms with E-state index in [1.807, 2.05) is 176 Å². The van der Waals surface area contributed by atoms with E-state index < -0.39 is 24.9 Å². The predicted octanol–water partition coefficient (Wildman–Crippen LogP) is 21.6. The van der Waals surface area contributed by atoms with Crippen molar-refractivity contribution in [2.45, 2.75) is 185 Å². The lowest BCUT2D eigenvalue weighted by Gasteiger charge is -2.15. The molecule has 0 fully saturated rings. The van der Waals surface area contributed by atoms with E-state index in [0.29, 0.717) is 66.0 Å². The van der Waals surface area contributed by atoms with Gasteiger partial charge in [-0.15, -0.1) is 45.3 Å². The summed E-state index contributed by atoms with van der Waals surface area (Å²) < 4.78 is 76.4. The van der Waals surface area contributed by atoms with E-state index in [1.165, 1.54) is 112 Å². The maximum Gasteiger partial charge on any atom is 0.348 e. The van der Waals surface area contributed by atoms with Crippen molar-refractivity contribution >= 4 is 165 Å². The maximum atomic E-state index is 12.8. The van der Waals surface area contributed by atoms with Gasteiger partial charge < -0.3 is 30.7 Å². The lowest BCUT2D eigenvalue weighted by Crippen LogP contribution is -2.13. The zero-order valence-electron chi connectivity index (χ0n) is 77.4. The van der Waals surface area contributed by atoms with Gasteiger partial charge in [0.1, 0.15) is 18.2 Å². The summed E-state index contributed by atoms with van der Waals surface area (Å²) in [6.07, 6.45) is 58.8. The third-order valence-corrected chi connectivity index (χ3v) is 32.9. The van der Waals surface area contributed by atoms with Crippen LogP contribution in [0.5, 0.6) is 0 Å². The number of hydrogen-bond acceptors (Lipinski definition) is 28. The number of hydrogen-bond donors (Lipinski definition) is 4. The summed E-state index contributed by atoms with van der Waals surface area (Å²) in [4.78, 5) is 64.6. The Labute approximate surface area is 793 Å². The molecule has 0 aromatic carbocycles. The van der Waals surface area contributed by atoms with Gasteiger partial charge in [-0.05, 0) is 226 Å². The van der Waals surface area contributed by atoms with Crippen LogP contribution in [-0.2, 0) is 57.3 Å². The summed E-state index contributed by atoms with van der Waals surface area (Å²) in [5, 5.41) is 33.5. The van der Waals surface area contributed by atoms with E-state index in [-0.39, 0.29) is 17.9 Å². The van der Waals surface area contributed by atoms with E-state index >= 15 is 0 Å². The number of carbonyl (C=O) groups excluding carboxylic acids is 2. The SMILES string of the molecule is CCOC(=O)c1sc(Nc2nc(C3=CCCCC3)cn3c(-c4cnn(C)c4)cnc23)cc1C.CCOC(=O)c1sc(Nc2nc(C3=CCCCC3)cn3c(-c4cnn(C)c4)cnc23)cc1C(C)C.Cc1cc(Nc2nc(C3=CCCCC3)cn3c(-c4cnn(C)c4)cnc23)sc1S(=O)(=O)C(C)C.Cc1cc(Nc2nc(C3=CCCCC3)cn3c(-c4cnn(C)c4)cnc23)sc1S(C)(=O)=O. The van der Waals surface area contributed by atoms with E-state index in [9.17, 15) is 26.4 Å². The van der Waals surface area contributed by atoms with Gasteiger partial charge in [0, 0.05) is 106 Å². The highest BCUT2D eigenvalue weighted by Gasteiger charge is 2.30. The molecule has 0 atom stereocenters. The van der Waals surface area contributed by atoms with E-state index in [1.54, 1.807) is 39.5 Å². The van der Waals surface area contributed by atoms with Crippen LogP contribution in [0.1, 0.15) is 215 Å². The smallest absolute Gasteiger partial charge is 0.348 e. The van der Waals surface area contributed by atoms with Gasteiger partial charge in [-0.1, -0.05) is 38.2 Å². The second-order valence-electron chi connectivity index (χ2n) is 34.4. The second-order valence-corrected chi connectivity index (χ2v) is 43.5. The van der Waals surface area contributed by atoms with Gasteiger partial charge in [-0.25, -0.2) is 66.3 Å². The topological polar surface area (TPSA) is 361 Å². The number of anilines is 8. The number of esters is 2. The Morgan fingerprint density at radius 2 is 0.694 bits per heavy atom. The minimum Gasteiger partial charge on any atom is -0.462 e. The summed E-state index contributed by atoms with van der Waals surface area (Å²) in [5.74, 6) is 2.14. The van der Waals surface area contributed by atoms with Crippen molar-refractivity contribution in [2.24, 2.45) is 28.2 Å². The fraction of sp³-hybridized carbons (Fsp3) is 0.354. The Hall–Kier alpha value is -12.9. The molecular formula is C96H108N24O8S6. The monoisotopic (exact) mass is 1920 g/mol. The van der Waals surface area contributed by atoms with Gasteiger partial charge >= 0.3 is 11.9 Å². The molecule has 4 aliphatic carbocycles. The Morgan fingerprint density at radius 3 is 0.978 bits per heavy atom. The molecule has 0 saturated carbocycles. The van der Waals surface area contributed by atoms with Crippen molar-refractivity contribution in [2.75, 3.05) is 40.7 Å². The van der Waals surface area contributed by atoms with Crippen LogP contribution in [0.4, 0.5) is 43.3 Å². The average Bonchev–Trinajstić information content (AvgIpc) is 1.62. The van der Waals surface area contributed by atoms with Crippen LogP contribution in [0.3, 0.4) is 0 Å². The van der Waals surface area contributed by atoms with E-state index in [0.717, 1.165) is 186 Å². The number of sulfone groups is 2. The number of fused-ring (bicyclic) bond motifs is 4. The standard InChI is InChI=1S/C26H30N6O2S.C24H28N6O2S2.C24H26N6O2S.C22H24N6O2S2/c1-5-34-26(33)23-19(16(2)3)11-22(35-23)30-24-25-27-13-21(18-12-28-31(4)14-18)32(25)15-20(29-24)17-9-7-6-8-10-17;1-15(2)34(31,32)24-16(3)10-21(33-24)28-22-23-25-12-20(18-11-26-29(4)13-18)30(23)14-19(27-22)17-8-6-5-7-9-17;1-4-32-24(31)21-15(2)10-20(33-21)28-22-23-25-12-19(17-11-26-29(3)13-17)30(23)14-18(27-22)16-8-6-5-7-9-16;1-14-9-19(31-22(14)32(3,29)30)26-20-21-23-11-18(16-10-24-27(2)12-16)28(21)13-17(25-20)15-7-5-4-6-8-15/h9,11-16H,5-8,10H2,1-4H3,(H,29,30);8,10-15H,5-7,9H2,1-4H3,(H,27,28);8,10-14H,4-7,9H2,1-3H3,(H,27,28);7,9-13H,4-6,8H2,1-3H3,(H,25,26). The molecule has 32 nitrogen and oxygen atoms in total. The van der Waals surface area contributed by atoms with Crippen LogP contribution in [0.25, 0.3) is 89.9 Å². The number of aromatic nitrogens is 20. The van der Waals surface area contributed by atoms with Crippen LogP contribution in [0, 0.1) is 20.8 Å². The molecule has 16 aromatic heterocycles. The first-order chi connectivity index (χ1) is 64.5. The number of nitrogens with zero attached hydrogens (tertiary/aromatic N) is 20.